The van der Waals surface area contributed by atoms with Crippen LogP contribution in [-0.4, -0.2) is 60.0 Å². The average Bonchev–Trinajstić information content (AvgIpc) is 3.25. The molecule has 8 heteroatoms. The summed E-state index contributed by atoms with van der Waals surface area (Å²) in [4.78, 5) is 15.0. The first-order valence-corrected chi connectivity index (χ1v) is 10.2. The smallest absolute Gasteiger partial charge is 0.272 e. The zero-order valence-corrected chi connectivity index (χ0v) is 17.5. The summed E-state index contributed by atoms with van der Waals surface area (Å²) in [6, 6.07) is 10.5. The number of amides is 1. The molecule has 1 unspecified atom stereocenters. The predicted octanol–water partition coefficient (Wildman–Crippen LogP) is 1.99. The number of hydrogen-bond acceptors (Lipinski definition) is 5. The van der Waals surface area contributed by atoms with Crippen LogP contribution in [0.5, 0.6) is 0 Å². The van der Waals surface area contributed by atoms with Crippen molar-refractivity contribution in [3.05, 3.63) is 53.3 Å². The first-order chi connectivity index (χ1) is 13.8. The molecule has 2 aromatic rings. The summed E-state index contributed by atoms with van der Waals surface area (Å²) in [6.07, 6.45) is 4.16. The van der Waals surface area contributed by atoms with Crippen LogP contribution in [0.15, 0.2) is 36.5 Å². The first kappa shape index (κ1) is 21.8. The van der Waals surface area contributed by atoms with Crippen LogP contribution in [0.4, 0.5) is 0 Å². The number of nitrogens with one attached hydrogen (secondary N) is 2. The van der Waals surface area contributed by atoms with E-state index in [1.54, 1.807) is 0 Å². The first-order valence-electron chi connectivity index (χ1n) is 10.2. The molecule has 0 saturated carbocycles. The molecule has 7 nitrogen and oxygen atoms in total. The number of rotatable bonds is 6. The van der Waals surface area contributed by atoms with E-state index in [9.17, 15) is 4.79 Å². The van der Waals surface area contributed by atoms with Gasteiger partial charge in [0, 0.05) is 38.9 Å². The van der Waals surface area contributed by atoms with Crippen LogP contribution in [0.2, 0.25) is 0 Å². The molecular formula is C21H30ClN5O2. The summed E-state index contributed by atoms with van der Waals surface area (Å²) in [5.41, 5.74) is 2.89. The summed E-state index contributed by atoms with van der Waals surface area (Å²) in [5.74, 6) is -0.122. The molecule has 2 fully saturated rings. The fourth-order valence-corrected chi connectivity index (χ4v) is 3.87. The van der Waals surface area contributed by atoms with E-state index in [-0.39, 0.29) is 18.3 Å². The quantitative estimate of drug-likeness (QED) is 0.749. The van der Waals surface area contributed by atoms with Crippen molar-refractivity contribution < 1.29 is 9.53 Å². The minimum absolute atomic E-state index is 0. The number of carbonyl (C=O) groups is 1. The van der Waals surface area contributed by atoms with E-state index in [2.05, 4.69) is 38.8 Å². The van der Waals surface area contributed by atoms with Gasteiger partial charge in [0.05, 0.1) is 19.3 Å². The SMILES string of the molecule is Cl.O=C(NCc1ccccc1CN1CCOCC1)c1ccn(C2CCCNC2)n1. The Labute approximate surface area is 178 Å². The van der Waals surface area contributed by atoms with Gasteiger partial charge < -0.3 is 15.4 Å². The van der Waals surface area contributed by atoms with E-state index in [4.69, 9.17) is 4.74 Å². The third-order valence-corrected chi connectivity index (χ3v) is 5.54. The normalized spacial score (nSPS) is 20.1. The molecule has 1 aromatic heterocycles. The number of morpholine rings is 1. The predicted molar refractivity (Wildman–Crippen MR) is 114 cm³/mol. The molecule has 0 aliphatic carbocycles. The molecule has 158 valence electrons. The number of piperidine rings is 1. The third kappa shape index (κ3) is 5.79. The van der Waals surface area contributed by atoms with Crippen molar-refractivity contribution in [1.29, 1.82) is 0 Å². The second-order valence-electron chi connectivity index (χ2n) is 7.52. The van der Waals surface area contributed by atoms with Gasteiger partial charge in [0.1, 0.15) is 5.69 Å². The van der Waals surface area contributed by atoms with Crippen LogP contribution in [-0.2, 0) is 17.8 Å². The number of hydrogen-bond donors (Lipinski definition) is 2. The van der Waals surface area contributed by atoms with Gasteiger partial charge in [0.2, 0.25) is 0 Å². The van der Waals surface area contributed by atoms with Crippen molar-refractivity contribution in [2.45, 2.75) is 32.0 Å². The van der Waals surface area contributed by atoms with E-state index in [0.29, 0.717) is 18.3 Å². The second kappa shape index (κ2) is 10.7. The Morgan fingerprint density at radius 2 is 2.00 bits per heavy atom. The Balaban J connectivity index is 0.00000240. The lowest BCUT2D eigenvalue weighted by Crippen LogP contribution is -2.36. The van der Waals surface area contributed by atoms with Gasteiger partial charge in [-0.1, -0.05) is 24.3 Å². The lowest BCUT2D eigenvalue weighted by molar-refractivity contribution is 0.0340. The van der Waals surface area contributed by atoms with E-state index < -0.39 is 0 Å². The highest BCUT2D eigenvalue weighted by Gasteiger charge is 2.18. The van der Waals surface area contributed by atoms with Crippen LogP contribution < -0.4 is 10.6 Å². The molecule has 2 aliphatic heterocycles. The van der Waals surface area contributed by atoms with Gasteiger partial charge >= 0.3 is 0 Å². The highest BCUT2D eigenvalue weighted by atomic mass is 35.5. The molecule has 29 heavy (non-hydrogen) atoms. The Bertz CT molecular complexity index is 785. The summed E-state index contributed by atoms with van der Waals surface area (Å²) in [5, 5.41) is 10.9. The standard InChI is InChI=1S/C21H29N5O2.ClH/c27-21(20-7-9-26(24-20)19-6-3-8-22-15-19)23-14-17-4-1-2-5-18(17)16-25-10-12-28-13-11-25;/h1-2,4-5,7,9,19,22H,3,6,8,10-16H2,(H,23,27);1H. The molecule has 3 heterocycles. The minimum Gasteiger partial charge on any atom is -0.379 e. The summed E-state index contributed by atoms with van der Waals surface area (Å²) in [6.45, 7) is 6.86. The molecule has 1 aromatic carbocycles. The Hall–Kier alpha value is -1.93. The van der Waals surface area contributed by atoms with E-state index in [0.717, 1.165) is 64.3 Å². The van der Waals surface area contributed by atoms with Gasteiger partial charge in [-0.15, -0.1) is 12.4 Å². The highest BCUT2D eigenvalue weighted by Crippen LogP contribution is 2.16. The molecule has 4 rings (SSSR count). The van der Waals surface area contributed by atoms with Gasteiger partial charge in [-0.3, -0.25) is 14.4 Å². The summed E-state index contributed by atoms with van der Waals surface area (Å²) >= 11 is 0. The van der Waals surface area contributed by atoms with Crippen LogP contribution >= 0.6 is 12.4 Å². The second-order valence-corrected chi connectivity index (χ2v) is 7.52. The van der Waals surface area contributed by atoms with Gasteiger partial charge in [0.15, 0.2) is 0 Å². The number of benzene rings is 1. The van der Waals surface area contributed by atoms with E-state index >= 15 is 0 Å². The van der Waals surface area contributed by atoms with Gasteiger partial charge in [-0.05, 0) is 36.6 Å². The number of nitrogens with zero attached hydrogens (tertiary/aromatic N) is 3. The summed E-state index contributed by atoms with van der Waals surface area (Å²) in [7, 11) is 0. The van der Waals surface area contributed by atoms with Crippen LogP contribution in [0.3, 0.4) is 0 Å². The fourth-order valence-electron chi connectivity index (χ4n) is 3.87. The monoisotopic (exact) mass is 419 g/mol. The van der Waals surface area contributed by atoms with Crippen molar-refractivity contribution in [1.82, 2.24) is 25.3 Å². The van der Waals surface area contributed by atoms with Crippen molar-refractivity contribution in [3.8, 4) is 0 Å². The van der Waals surface area contributed by atoms with Crippen molar-refractivity contribution >= 4 is 18.3 Å². The molecule has 0 bridgehead atoms. The van der Waals surface area contributed by atoms with E-state index in [1.165, 1.54) is 5.56 Å². The molecule has 1 atom stereocenters. The molecule has 2 N–H and O–H groups in total. The lowest BCUT2D eigenvalue weighted by atomic mass is 10.1. The zero-order valence-electron chi connectivity index (χ0n) is 16.7. The minimum atomic E-state index is -0.122. The summed E-state index contributed by atoms with van der Waals surface area (Å²) < 4.78 is 7.35. The Morgan fingerprint density at radius 3 is 2.76 bits per heavy atom. The average molecular weight is 420 g/mol. The van der Waals surface area contributed by atoms with Crippen LogP contribution in [0.25, 0.3) is 0 Å². The molecule has 0 radical (unpaired) electrons. The Morgan fingerprint density at radius 1 is 1.21 bits per heavy atom. The number of halogens is 1. The van der Waals surface area contributed by atoms with Crippen molar-refractivity contribution in [2.75, 3.05) is 39.4 Å². The van der Waals surface area contributed by atoms with Gasteiger partial charge in [-0.2, -0.15) is 5.10 Å². The molecule has 2 saturated heterocycles. The maximum Gasteiger partial charge on any atom is 0.272 e. The van der Waals surface area contributed by atoms with Gasteiger partial charge in [-0.25, -0.2) is 0 Å². The maximum absolute atomic E-state index is 12.6. The van der Waals surface area contributed by atoms with Crippen LogP contribution in [0, 0.1) is 0 Å². The molecule has 0 spiro atoms. The third-order valence-electron chi connectivity index (χ3n) is 5.54. The Kier molecular flexibility index (Phi) is 8.06. The fraction of sp³-hybridized carbons (Fsp3) is 0.524. The van der Waals surface area contributed by atoms with Crippen LogP contribution in [0.1, 0.15) is 40.5 Å². The number of carbonyl (C=O) groups excluding carboxylic acids is 1. The largest absolute Gasteiger partial charge is 0.379 e. The van der Waals surface area contributed by atoms with Gasteiger partial charge in [0.25, 0.3) is 5.91 Å². The lowest BCUT2D eigenvalue weighted by Gasteiger charge is -2.27. The number of aromatic nitrogens is 2. The van der Waals surface area contributed by atoms with E-state index in [1.807, 2.05) is 23.0 Å². The molecule has 1 amide bonds. The van der Waals surface area contributed by atoms with Crippen molar-refractivity contribution in [3.63, 3.8) is 0 Å². The maximum atomic E-state index is 12.6. The van der Waals surface area contributed by atoms with Crippen molar-refractivity contribution in [2.24, 2.45) is 0 Å². The molecular weight excluding hydrogens is 390 g/mol. The highest BCUT2D eigenvalue weighted by molar-refractivity contribution is 5.92. The number of ether oxygens (including phenoxy) is 1. The molecule has 2 aliphatic rings. The topological polar surface area (TPSA) is 71.4 Å². The zero-order chi connectivity index (χ0) is 19.2.